The number of carboxylic acid groups (broad SMARTS) is 1. The summed E-state index contributed by atoms with van der Waals surface area (Å²) < 4.78 is 0. The highest BCUT2D eigenvalue weighted by Crippen LogP contribution is 2.26. The summed E-state index contributed by atoms with van der Waals surface area (Å²) in [5.41, 5.74) is 2.15. The van der Waals surface area contributed by atoms with Crippen LogP contribution in [0.2, 0.25) is 0 Å². The maximum atomic E-state index is 9.51. The zero-order chi connectivity index (χ0) is 12.0. The Kier molecular flexibility index (Phi) is 4.48. The molecule has 16 heavy (non-hydrogen) atoms. The topological polar surface area (TPSA) is 57.5 Å². The number of aliphatic carboxylic acids is 1. The third-order valence-electron chi connectivity index (χ3n) is 2.08. The second-order valence-corrected chi connectivity index (χ2v) is 3.27. The summed E-state index contributed by atoms with van der Waals surface area (Å²) in [5, 5.41) is 17.1. The van der Waals surface area contributed by atoms with Crippen molar-refractivity contribution in [2.45, 2.75) is 13.0 Å². The van der Waals surface area contributed by atoms with E-state index in [1.54, 1.807) is 13.0 Å². The number of benzene rings is 1. The molecule has 0 saturated heterocycles. The van der Waals surface area contributed by atoms with Crippen LogP contribution in [-0.2, 0) is 4.79 Å². The monoisotopic (exact) mass is 218 g/mol. The molecule has 1 aliphatic carbocycles. The summed E-state index contributed by atoms with van der Waals surface area (Å²) in [6.45, 7) is 1.66. The lowest BCUT2D eigenvalue weighted by Crippen LogP contribution is -1.88. The second kappa shape index (κ2) is 5.88. The van der Waals surface area contributed by atoms with Gasteiger partial charge in [0.15, 0.2) is 0 Å². The lowest BCUT2D eigenvalue weighted by Gasteiger charge is -2.00. The molecule has 0 amide bonds. The van der Waals surface area contributed by atoms with Crippen molar-refractivity contribution in [1.82, 2.24) is 0 Å². The fourth-order valence-electron chi connectivity index (χ4n) is 1.37. The van der Waals surface area contributed by atoms with Gasteiger partial charge in [0, 0.05) is 6.08 Å². The van der Waals surface area contributed by atoms with Gasteiger partial charge in [-0.05, 0) is 18.1 Å². The quantitative estimate of drug-likeness (QED) is 0.711. The fourth-order valence-corrected chi connectivity index (χ4v) is 1.37. The summed E-state index contributed by atoms with van der Waals surface area (Å²) >= 11 is 0. The van der Waals surface area contributed by atoms with E-state index in [1.807, 2.05) is 30.3 Å². The summed E-state index contributed by atoms with van der Waals surface area (Å²) in [6, 6.07) is 7.86. The van der Waals surface area contributed by atoms with Crippen molar-refractivity contribution in [3.05, 3.63) is 53.6 Å². The van der Waals surface area contributed by atoms with E-state index in [0.29, 0.717) is 0 Å². The average molecular weight is 218 g/mol. The van der Waals surface area contributed by atoms with E-state index in [-0.39, 0.29) is 6.10 Å². The highest BCUT2D eigenvalue weighted by atomic mass is 16.4. The Morgan fingerprint density at radius 1 is 1.38 bits per heavy atom. The Balaban J connectivity index is 0.000000187. The lowest BCUT2D eigenvalue weighted by molar-refractivity contribution is -0.131. The highest BCUT2D eigenvalue weighted by molar-refractivity contribution is 5.79. The predicted molar refractivity (Wildman–Crippen MR) is 62.9 cm³/mol. The molecule has 1 aromatic rings. The minimum Gasteiger partial charge on any atom is -0.478 e. The van der Waals surface area contributed by atoms with Crippen molar-refractivity contribution < 1.29 is 15.0 Å². The fraction of sp³-hybridized carbons (Fsp3) is 0.154. The lowest BCUT2D eigenvalue weighted by atomic mass is 10.1. The molecule has 0 bridgehead atoms. The molecule has 0 radical (unpaired) electrons. The van der Waals surface area contributed by atoms with Crippen molar-refractivity contribution in [1.29, 1.82) is 0 Å². The van der Waals surface area contributed by atoms with Crippen molar-refractivity contribution in [3.8, 4) is 0 Å². The van der Waals surface area contributed by atoms with Crippen molar-refractivity contribution in [2.75, 3.05) is 0 Å². The van der Waals surface area contributed by atoms with Gasteiger partial charge >= 0.3 is 5.97 Å². The molecular weight excluding hydrogens is 204 g/mol. The molecule has 1 unspecified atom stereocenters. The zero-order valence-corrected chi connectivity index (χ0v) is 9.00. The van der Waals surface area contributed by atoms with Gasteiger partial charge in [-0.25, -0.2) is 4.79 Å². The maximum Gasteiger partial charge on any atom is 0.327 e. The van der Waals surface area contributed by atoms with E-state index in [0.717, 1.165) is 17.2 Å². The van der Waals surface area contributed by atoms with E-state index < -0.39 is 5.97 Å². The number of allylic oxidation sites excluding steroid dienone is 1. The van der Waals surface area contributed by atoms with Gasteiger partial charge in [-0.1, -0.05) is 42.5 Å². The van der Waals surface area contributed by atoms with E-state index in [1.165, 1.54) is 6.08 Å². The summed E-state index contributed by atoms with van der Waals surface area (Å²) in [4.78, 5) is 9.51. The first-order valence-electron chi connectivity index (χ1n) is 4.96. The first kappa shape index (κ1) is 12.2. The number of hydrogen-bond donors (Lipinski definition) is 2. The number of aliphatic hydroxyl groups is 1. The minimum atomic E-state index is -0.891. The second-order valence-electron chi connectivity index (χ2n) is 3.27. The summed E-state index contributed by atoms with van der Waals surface area (Å²) in [5.74, 6) is -0.891. The Morgan fingerprint density at radius 3 is 2.56 bits per heavy atom. The molecule has 84 valence electrons. The molecule has 0 aromatic heterocycles. The van der Waals surface area contributed by atoms with Crippen LogP contribution in [-0.4, -0.2) is 16.2 Å². The van der Waals surface area contributed by atoms with Gasteiger partial charge in [0.1, 0.15) is 0 Å². The number of carboxylic acids is 1. The van der Waals surface area contributed by atoms with Gasteiger partial charge in [-0.2, -0.15) is 0 Å². The third kappa shape index (κ3) is 3.37. The van der Waals surface area contributed by atoms with Gasteiger partial charge in [0.25, 0.3) is 0 Å². The van der Waals surface area contributed by atoms with Crippen LogP contribution in [0.15, 0.2) is 42.5 Å². The normalized spacial score (nSPS) is 16.8. The first-order valence-corrected chi connectivity index (χ1v) is 4.96. The van der Waals surface area contributed by atoms with Crippen LogP contribution < -0.4 is 0 Å². The molecule has 0 fully saturated rings. The zero-order valence-electron chi connectivity index (χ0n) is 9.00. The van der Waals surface area contributed by atoms with E-state index >= 15 is 0 Å². The van der Waals surface area contributed by atoms with Crippen LogP contribution in [0.25, 0.3) is 6.08 Å². The molecule has 2 N–H and O–H groups in total. The van der Waals surface area contributed by atoms with Crippen LogP contribution in [0.4, 0.5) is 0 Å². The maximum absolute atomic E-state index is 9.51. The standard InChI is InChI=1S/C9H8O.C4H6O2/c10-9-6-5-7-3-1-2-4-8(7)9;1-2-3-4(5)6/h1-6,9-10H;2-3H,1H3,(H,5,6)/b;3-2+. The van der Waals surface area contributed by atoms with Crippen LogP contribution in [0.3, 0.4) is 0 Å². The number of hydrogen-bond acceptors (Lipinski definition) is 2. The van der Waals surface area contributed by atoms with Crippen LogP contribution in [0.5, 0.6) is 0 Å². The molecule has 2 rings (SSSR count). The molecule has 0 spiro atoms. The predicted octanol–water partition coefficient (Wildman–Crippen LogP) is 2.39. The number of fused-ring (bicyclic) bond motifs is 1. The Bertz CT molecular complexity index is 419. The third-order valence-corrected chi connectivity index (χ3v) is 2.08. The van der Waals surface area contributed by atoms with Gasteiger partial charge in [-0.3, -0.25) is 0 Å². The molecule has 1 aromatic carbocycles. The summed E-state index contributed by atoms with van der Waals surface area (Å²) in [7, 11) is 0. The van der Waals surface area contributed by atoms with E-state index in [2.05, 4.69) is 0 Å². The molecule has 3 heteroatoms. The molecule has 0 saturated carbocycles. The van der Waals surface area contributed by atoms with Crippen LogP contribution in [0.1, 0.15) is 24.2 Å². The first-order chi connectivity index (χ1) is 7.65. The SMILES string of the molecule is C/C=C/C(=O)O.OC1C=Cc2ccccc21. The molecular formula is C13H14O3. The van der Waals surface area contributed by atoms with Gasteiger partial charge < -0.3 is 10.2 Å². The van der Waals surface area contributed by atoms with Crippen LogP contribution >= 0.6 is 0 Å². The average Bonchev–Trinajstić information content (AvgIpc) is 2.62. The number of rotatable bonds is 1. The van der Waals surface area contributed by atoms with Gasteiger partial charge in [0.2, 0.25) is 0 Å². The largest absolute Gasteiger partial charge is 0.478 e. The van der Waals surface area contributed by atoms with Crippen molar-refractivity contribution in [3.63, 3.8) is 0 Å². The Morgan fingerprint density at radius 2 is 2.06 bits per heavy atom. The minimum absolute atomic E-state index is 0.379. The van der Waals surface area contributed by atoms with E-state index in [9.17, 15) is 9.90 Å². The van der Waals surface area contributed by atoms with Crippen molar-refractivity contribution >= 4 is 12.0 Å². The Labute approximate surface area is 94.4 Å². The van der Waals surface area contributed by atoms with Gasteiger partial charge in [0.05, 0.1) is 6.10 Å². The summed E-state index contributed by atoms with van der Waals surface area (Å²) in [6.07, 6.45) is 5.92. The molecule has 0 heterocycles. The smallest absolute Gasteiger partial charge is 0.327 e. The van der Waals surface area contributed by atoms with Gasteiger partial charge in [-0.15, -0.1) is 0 Å². The number of aliphatic hydroxyl groups excluding tert-OH is 1. The molecule has 1 atom stereocenters. The van der Waals surface area contributed by atoms with E-state index in [4.69, 9.17) is 5.11 Å². The van der Waals surface area contributed by atoms with Crippen LogP contribution in [0, 0.1) is 0 Å². The number of carbonyl (C=O) groups is 1. The molecule has 3 nitrogen and oxygen atoms in total. The highest BCUT2D eigenvalue weighted by Gasteiger charge is 2.11. The van der Waals surface area contributed by atoms with Crippen molar-refractivity contribution in [2.24, 2.45) is 0 Å². The molecule has 1 aliphatic rings. The Hall–Kier alpha value is -1.87. The molecule has 0 aliphatic heterocycles.